The molecule has 4 heteroatoms. The molecule has 1 rings (SSSR count). The Balaban J connectivity index is 2.92. The van der Waals surface area contributed by atoms with Gasteiger partial charge in [-0.3, -0.25) is 9.69 Å². The minimum Gasteiger partial charge on any atom is -0.297 e. The van der Waals surface area contributed by atoms with Gasteiger partial charge in [-0.15, -0.1) is 0 Å². The molecule has 0 atom stereocenters. The van der Waals surface area contributed by atoms with E-state index in [0.717, 1.165) is 17.6 Å². The van der Waals surface area contributed by atoms with E-state index >= 15 is 0 Å². The van der Waals surface area contributed by atoms with Crippen molar-refractivity contribution in [3.63, 3.8) is 0 Å². The summed E-state index contributed by atoms with van der Waals surface area (Å²) in [7, 11) is 0. The molecule has 19 heavy (non-hydrogen) atoms. The molecule has 2 nitrogen and oxygen atoms in total. The van der Waals surface area contributed by atoms with Crippen LogP contribution in [0, 0.1) is 5.82 Å². The van der Waals surface area contributed by atoms with Gasteiger partial charge in [0.25, 0.3) is 0 Å². The molecule has 106 valence electrons. The van der Waals surface area contributed by atoms with Crippen LogP contribution in [0.4, 0.5) is 4.39 Å². The highest BCUT2D eigenvalue weighted by Gasteiger charge is 2.32. The highest BCUT2D eigenvalue weighted by molar-refractivity contribution is 9.10. The van der Waals surface area contributed by atoms with Crippen LogP contribution in [0.2, 0.25) is 0 Å². The van der Waals surface area contributed by atoms with Crippen LogP contribution in [0.25, 0.3) is 0 Å². The molecule has 0 aliphatic carbocycles. The Kier molecular flexibility index (Phi) is 5.68. The van der Waals surface area contributed by atoms with Gasteiger partial charge in [0.2, 0.25) is 0 Å². The average Bonchev–Trinajstić information content (AvgIpc) is 2.35. The summed E-state index contributed by atoms with van der Waals surface area (Å²) in [6, 6.07) is 4.70. The number of nitrogens with zero attached hydrogens (tertiary/aromatic N) is 1. The molecule has 1 aromatic rings. The fraction of sp³-hybridized carbons (Fsp3) is 0.533. The lowest BCUT2D eigenvalue weighted by Crippen LogP contribution is -2.50. The molecule has 0 saturated heterocycles. The predicted octanol–water partition coefficient (Wildman–Crippen LogP) is 3.82. The molecule has 0 amide bonds. The summed E-state index contributed by atoms with van der Waals surface area (Å²) in [4.78, 5) is 14.5. The molecule has 0 aliphatic heterocycles. The van der Waals surface area contributed by atoms with Gasteiger partial charge in [0.1, 0.15) is 5.82 Å². The van der Waals surface area contributed by atoms with Crippen molar-refractivity contribution in [2.24, 2.45) is 0 Å². The van der Waals surface area contributed by atoms with Crippen LogP contribution in [0.3, 0.4) is 0 Å². The van der Waals surface area contributed by atoms with Gasteiger partial charge < -0.3 is 0 Å². The SMILES string of the molecule is CCN(CC)C(C)(C)C(=O)Cc1cc(Br)ccc1F. The first-order chi connectivity index (χ1) is 8.82. The molecule has 0 aromatic heterocycles. The Bertz CT molecular complexity index is 455. The third-order valence-corrected chi connectivity index (χ3v) is 4.09. The molecule has 0 aliphatic rings. The second-order valence-electron chi connectivity index (χ2n) is 5.07. The molecule has 0 N–H and O–H groups in total. The first-order valence-corrected chi connectivity index (χ1v) is 7.34. The predicted molar refractivity (Wildman–Crippen MR) is 79.8 cm³/mol. The fourth-order valence-electron chi connectivity index (χ4n) is 2.26. The standard InChI is InChI=1S/C15H21BrFNO/c1-5-18(6-2)15(3,4)14(19)10-11-9-12(16)7-8-13(11)17/h7-9H,5-6,10H2,1-4H3. The molecular weight excluding hydrogens is 309 g/mol. The maximum absolute atomic E-state index is 13.7. The second-order valence-corrected chi connectivity index (χ2v) is 5.98. The van der Waals surface area contributed by atoms with E-state index in [1.54, 1.807) is 12.1 Å². The highest BCUT2D eigenvalue weighted by Crippen LogP contribution is 2.21. The van der Waals surface area contributed by atoms with E-state index in [9.17, 15) is 9.18 Å². The molecule has 1 aromatic carbocycles. The van der Waals surface area contributed by atoms with Crippen LogP contribution in [-0.4, -0.2) is 29.3 Å². The van der Waals surface area contributed by atoms with Crippen LogP contribution in [0.15, 0.2) is 22.7 Å². The topological polar surface area (TPSA) is 20.3 Å². The largest absolute Gasteiger partial charge is 0.297 e. The number of Topliss-reactive ketones (excluding diaryl/α,β-unsaturated/α-hetero) is 1. The second kappa shape index (κ2) is 6.62. The van der Waals surface area contributed by atoms with Crippen LogP contribution in [0.1, 0.15) is 33.3 Å². The summed E-state index contributed by atoms with van der Waals surface area (Å²) in [6.45, 7) is 9.46. The van der Waals surface area contributed by atoms with E-state index in [-0.39, 0.29) is 18.0 Å². The van der Waals surface area contributed by atoms with E-state index < -0.39 is 5.54 Å². The first-order valence-electron chi connectivity index (χ1n) is 6.55. The zero-order valence-corrected chi connectivity index (χ0v) is 13.6. The van der Waals surface area contributed by atoms with Crippen LogP contribution >= 0.6 is 15.9 Å². The number of halogens is 2. The van der Waals surface area contributed by atoms with Crippen molar-refractivity contribution in [1.29, 1.82) is 0 Å². The van der Waals surface area contributed by atoms with Crippen LogP contribution in [0.5, 0.6) is 0 Å². The van der Waals surface area contributed by atoms with Crippen molar-refractivity contribution in [3.8, 4) is 0 Å². The quantitative estimate of drug-likeness (QED) is 0.790. The molecule has 0 fully saturated rings. The van der Waals surface area contributed by atoms with Crippen molar-refractivity contribution in [1.82, 2.24) is 4.90 Å². The van der Waals surface area contributed by atoms with Gasteiger partial charge in [0.15, 0.2) is 5.78 Å². The summed E-state index contributed by atoms with van der Waals surface area (Å²) in [5.41, 5.74) is -0.127. The van der Waals surface area contributed by atoms with E-state index in [2.05, 4.69) is 20.8 Å². The third-order valence-electron chi connectivity index (χ3n) is 3.60. The minimum absolute atomic E-state index is 0.0354. The molecule has 0 unspecified atom stereocenters. The Hall–Kier alpha value is -0.740. The molecule has 0 saturated carbocycles. The van der Waals surface area contributed by atoms with Gasteiger partial charge in [-0.05, 0) is 50.7 Å². The summed E-state index contributed by atoms with van der Waals surface area (Å²) < 4.78 is 14.5. The lowest BCUT2D eigenvalue weighted by molar-refractivity contribution is -0.128. The highest BCUT2D eigenvalue weighted by atomic mass is 79.9. The van der Waals surface area contributed by atoms with Gasteiger partial charge in [0, 0.05) is 10.9 Å². The van der Waals surface area contributed by atoms with E-state index in [1.165, 1.54) is 6.07 Å². The van der Waals surface area contributed by atoms with Gasteiger partial charge in [0.05, 0.1) is 5.54 Å². The van der Waals surface area contributed by atoms with E-state index in [1.807, 2.05) is 27.7 Å². The first kappa shape index (κ1) is 16.3. The maximum Gasteiger partial charge on any atom is 0.156 e. The number of likely N-dealkylation sites (N-methyl/N-ethyl adjacent to an activating group) is 1. The summed E-state index contributed by atoms with van der Waals surface area (Å²) in [6.07, 6.45) is 0.120. The Labute approximate surface area is 123 Å². The zero-order chi connectivity index (χ0) is 14.6. The van der Waals surface area contributed by atoms with Crippen molar-refractivity contribution in [2.45, 2.75) is 39.7 Å². The van der Waals surface area contributed by atoms with E-state index in [4.69, 9.17) is 0 Å². The van der Waals surface area contributed by atoms with Gasteiger partial charge >= 0.3 is 0 Å². The summed E-state index contributed by atoms with van der Waals surface area (Å²) in [5.74, 6) is -0.292. The molecule has 0 heterocycles. The summed E-state index contributed by atoms with van der Waals surface area (Å²) >= 11 is 3.30. The van der Waals surface area contributed by atoms with Crippen molar-refractivity contribution < 1.29 is 9.18 Å². The monoisotopic (exact) mass is 329 g/mol. The molecule has 0 spiro atoms. The van der Waals surface area contributed by atoms with Crippen molar-refractivity contribution in [3.05, 3.63) is 34.1 Å². The molecular formula is C15H21BrFNO. The number of rotatable bonds is 6. The third kappa shape index (κ3) is 3.86. The fourth-order valence-corrected chi connectivity index (χ4v) is 2.67. The number of carbonyl (C=O) groups excluding carboxylic acids is 1. The van der Waals surface area contributed by atoms with Gasteiger partial charge in [-0.1, -0.05) is 29.8 Å². The number of hydrogen-bond donors (Lipinski definition) is 0. The minimum atomic E-state index is -0.571. The summed E-state index contributed by atoms with van der Waals surface area (Å²) in [5, 5.41) is 0. The Morgan fingerprint density at radius 3 is 2.42 bits per heavy atom. The number of hydrogen-bond acceptors (Lipinski definition) is 2. The smallest absolute Gasteiger partial charge is 0.156 e. The van der Waals surface area contributed by atoms with Gasteiger partial charge in [-0.2, -0.15) is 0 Å². The molecule has 0 radical (unpaired) electrons. The number of ketones is 1. The van der Waals surface area contributed by atoms with Crippen molar-refractivity contribution >= 4 is 21.7 Å². The molecule has 0 bridgehead atoms. The lowest BCUT2D eigenvalue weighted by Gasteiger charge is -2.35. The van der Waals surface area contributed by atoms with E-state index in [0.29, 0.717) is 5.56 Å². The van der Waals surface area contributed by atoms with Crippen LogP contribution in [-0.2, 0) is 11.2 Å². The number of benzene rings is 1. The Morgan fingerprint density at radius 1 is 1.32 bits per heavy atom. The van der Waals surface area contributed by atoms with Crippen molar-refractivity contribution in [2.75, 3.05) is 13.1 Å². The lowest BCUT2D eigenvalue weighted by atomic mass is 9.91. The maximum atomic E-state index is 13.7. The van der Waals surface area contributed by atoms with Crippen LogP contribution < -0.4 is 0 Å². The average molecular weight is 330 g/mol. The Morgan fingerprint density at radius 2 is 1.89 bits per heavy atom. The normalized spacial score (nSPS) is 11.9. The number of carbonyl (C=O) groups is 1. The van der Waals surface area contributed by atoms with Gasteiger partial charge in [-0.25, -0.2) is 4.39 Å². The zero-order valence-electron chi connectivity index (χ0n) is 12.0.